The second-order valence-electron chi connectivity index (χ2n) is 5.12. The maximum absolute atomic E-state index is 12.9. The van der Waals surface area contributed by atoms with Crippen LogP contribution in [0.25, 0.3) is 0 Å². The quantitative estimate of drug-likeness (QED) is 0.773. The van der Waals surface area contributed by atoms with Crippen molar-refractivity contribution in [3.63, 3.8) is 0 Å². The lowest BCUT2D eigenvalue weighted by molar-refractivity contribution is 0.0451. The van der Waals surface area contributed by atoms with Crippen molar-refractivity contribution in [1.82, 2.24) is 0 Å². The van der Waals surface area contributed by atoms with Crippen molar-refractivity contribution < 1.29 is 14.2 Å². The van der Waals surface area contributed by atoms with Gasteiger partial charge in [-0.2, -0.15) is 0 Å². The summed E-state index contributed by atoms with van der Waals surface area (Å²) in [5.41, 5.74) is -0.328. The molecule has 0 saturated carbocycles. The summed E-state index contributed by atoms with van der Waals surface area (Å²) in [6.45, 7) is 1.74. The molecule has 2 aromatic carbocycles. The van der Waals surface area contributed by atoms with Crippen molar-refractivity contribution in [2.45, 2.75) is 25.4 Å². The lowest BCUT2D eigenvalue weighted by atomic mass is 9.90. The zero-order valence-electron chi connectivity index (χ0n) is 11.9. The van der Waals surface area contributed by atoms with Gasteiger partial charge in [-0.05, 0) is 50.1 Å². The largest absolute Gasteiger partial charge is 0.457 e. The monoisotopic (exact) mass is 308 g/mol. The van der Waals surface area contributed by atoms with E-state index in [2.05, 4.69) is 0 Å². The number of halogens is 2. The van der Waals surface area contributed by atoms with Crippen LogP contribution in [-0.2, 0) is 5.60 Å². The summed E-state index contributed by atoms with van der Waals surface area (Å²) in [5.74, 6) is 1.27. The van der Waals surface area contributed by atoms with Gasteiger partial charge in [-0.1, -0.05) is 18.2 Å². The third-order valence-electron chi connectivity index (χ3n) is 3.31. The summed E-state index contributed by atoms with van der Waals surface area (Å²) in [5, 5.41) is 10.6. The summed E-state index contributed by atoms with van der Waals surface area (Å²) in [6, 6.07) is 13.1. The van der Waals surface area contributed by atoms with Crippen LogP contribution in [0.15, 0.2) is 48.5 Å². The molecule has 0 aliphatic heterocycles. The molecule has 0 aromatic heterocycles. The lowest BCUT2D eigenvalue weighted by Gasteiger charge is -2.26. The summed E-state index contributed by atoms with van der Waals surface area (Å²) >= 11 is 5.70. The number of aliphatic hydroxyl groups is 1. The minimum Gasteiger partial charge on any atom is -0.457 e. The molecule has 4 heteroatoms. The Bertz CT molecular complexity index is 582. The Kier molecular flexibility index (Phi) is 5.21. The van der Waals surface area contributed by atoms with Gasteiger partial charge in [0.25, 0.3) is 0 Å². The van der Waals surface area contributed by atoms with E-state index in [1.54, 1.807) is 25.1 Å². The summed E-state index contributed by atoms with van der Waals surface area (Å²) < 4.78 is 18.7. The van der Waals surface area contributed by atoms with Crippen molar-refractivity contribution >= 4 is 11.6 Å². The first kappa shape index (κ1) is 15.8. The number of hydrogen-bond donors (Lipinski definition) is 1. The Labute approximate surface area is 129 Å². The molecule has 0 heterocycles. The summed E-state index contributed by atoms with van der Waals surface area (Å²) in [7, 11) is 0. The highest BCUT2D eigenvalue weighted by atomic mass is 35.5. The van der Waals surface area contributed by atoms with Gasteiger partial charge >= 0.3 is 0 Å². The Balaban J connectivity index is 2.26. The fourth-order valence-electron chi connectivity index (χ4n) is 2.18. The predicted molar refractivity (Wildman–Crippen MR) is 82.4 cm³/mol. The fourth-order valence-corrected chi connectivity index (χ4v) is 2.31. The molecule has 0 amide bonds. The predicted octanol–water partition coefficient (Wildman–Crippen LogP) is 4.84. The Morgan fingerprint density at radius 3 is 2.48 bits per heavy atom. The molecule has 21 heavy (non-hydrogen) atoms. The van der Waals surface area contributed by atoms with Crippen LogP contribution in [0.2, 0.25) is 0 Å². The molecule has 1 unspecified atom stereocenters. The van der Waals surface area contributed by atoms with Gasteiger partial charge in [0.05, 0.1) is 5.60 Å². The van der Waals surface area contributed by atoms with Crippen molar-refractivity contribution in [3.8, 4) is 11.5 Å². The normalized spacial score (nSPS) is 13.7. The van der Waals surface area contributed by atoms with Gasteiger partial charge in [-0.15, -0.1) is 11.6 Å². The van der Waals surface area contributed by atoms with E-state index in [9.17, 15) is 9.50 Å². The summed E-state index contributed by atoms with van der Waals surface area (Å²) in [4.78, 5) is 0. The number of alkyl halides is 1. The van der Waals surface area contributed by atoms with Gasteiger partial charge in [-0.25, -0.2) is 4.39 Å². The Morgan fingerprint density at radius 1 is 1.14 bits per heavy atom. The smallest absolute Gasteiger partial charge is 0.133 e. The highest BCUT2D eigenvalue weighted by Crippen LogP contribution is 2.35. The summed E-state index contributed by atoms with van der Waals surface area (Å²) in [6.07, 6.45) is 1.25. The van der Waals surface area contributed by atoms with Crippen molar-refractivity contribution in [3.05, 3.63) is 59.9 Å². The second kappa shape index (κ2) is 6.92. The molecule has 2 rings (SSSR count). The zero-order valence-corrected chi connectivity index (χ0v) is 12.6. The van der Waals surface area contributed by atoms with E-state index >= 15 is 0 Å². The van der Waals surface area contributed by atoms with Crippen LogP contribution in [-0.4, -0.2) is 11.0 Å². The first-order valence-electron chi connectivity index (χ1n) is 6.84. The van der Waals surface area contributed by atoms with Gasteiger partial charge < -0.3 is 9.84 Å². The fraction of sp³-hybridized carbons (Fsp3) is 0.294. The third kappa shape index (κ3) is 4.19. The lowest BCUT2D eigenvalue weighted by Crippen LogP contribution is -2.22. The molecule has 0 fully saturated rings. The van der Waals surface area contributed by atoms with Crippen LogP contribution >= 0.6 is 11.6 Å². The molecule has 0 aliphatic carbocycles. The zero-order chi connectivity index (χ0) is 15.3. The Hall–Kier alpha value is -1.58. The molecule has 1 atom stereocenters. The first-order valence-corrected chi connectivity index (χ1v) is 7.37. The van der Waals surface area contributed by atoms with E-state index < -0.39 is 5.60 Å². The highest BCUT2D eigenvalue weighted by Gasteiger charge is 2.26. The molecule has 0 saturated heterocycles. The van der Waals surface area contributed by atoms with E-state index in [-0.39, 0.29) is 5.82 Å². The average Bonchev–Trinajstić information content (AvgIpc) is 2.48. The maximum atomic E-state index is 12.9. The van der Waals surface area contributed by atoms with E-state index in [1.165, 1.54) is 12.1 Å². The van der Waals surface area contributed by atoms with Crippen molar-refractivity contribution in [2.75, 3.05) is 5.88 Å². The van der Waals surface area contributed by atoms with Crippen LogP contribution in [0, 0.1) is 5.82 Å². The van der Waals surface area contributed by atoms with Crippen LogP contribution in [0.1, 0.15) is 25.3 Å². The SMILES string of the molecule is CC(O)(CCCCl)c1ccccc1Oc1ccc(F)cc1. The minimum absolute atomic E-state index is 0.315. The van der Waals surface area contributed by atoms with E-state index in [1.807, 2.05) is 18.2 Å². The van der Waals surface area contributed by atoms with Crippen molar-refractivity contribution in [1.29, 1.82) is 0 Å². The number of benzene rings is 2. The molecule has 0 aliphatic rings. The molecule has 2 nitrogen and oxygen atoms in total. The molecular weight excluding hydrogens is 291 g/mol. The average molecular weight is 309 g/mol. The number of hydrogen-bond acceptors (Lipinski definition) is 2. The molecule has 0 bridgehead atoms. The molecule has 2 aromatic rings. The second-order valence-corrected chi connectivity index (χ2v) is 5.50. The van der Waals surface area contributed by atoms with Gasteiger partial charge in [0.15, 0.2) is 0 Å². The molecular formula is C17H18ClFO2. The standard InChI is InChI=1S/C17H18ClFO2/c1-17(20,11-4-12-18)15-5-2-3-6-16(15)21-14-9-7-13(19)8-10-14/h2-3,5-10,20H,4,11-12H2,1H3. The number of rotatable bonds is 6. The molecule has 112 valence electrons. The highest BCUT2D eigenvalue weighted by molar-refractivity contribution is 6.17. The van der Waals surface area contributed by atoms with E-state index in [0.717, 1.165) is 0 Å². The maximum Gasteiger partial charge on any atom is 0.133 e. The van der Waals surface area contributed by atoms with Gasteiger partial charge in [0, 0.05) is 11.4 Å². The van der Waals surface area contributed by atoms with Crippen LogP contribution in [0.4, 0.5) is 4.39 Å². The molecule has 0 radical (unpaired) electrons. The van der Waals surface area contributed by atoms with Crippen LogP contribution < -0.4 is 4.74 Å². The number of para-hydroxylation sites is 1. The molecule has 1 N–H and O–H groups in total. The van der Waals surface area contributed by atoms with Gasteiger partial charge in [0.2, 0.25) is 0 Å². The van der Waals surface area contributed by atoms with Gasteiger partial charge in [-0.3, -0.25) is 0 Å². The van der Waals surface area contributed by atoms with Crippen LogP contribution in [0.3, 0.4) is 0 Å². The minimum atomic E-state index is -1.02. The molecule has 0 spiro atoms. The topological polar surface area (TPSA) is 29.5 Å². The first-order chi connectivity index (χ1) is 10.0. The van der Waals surface area contributed by atoms with E-state index in [4.69, 9.17) is 16.3 Å². The van der Waals surface area contributed by atoms with Gasteiger partial charge in [0.1, 0.15) is 17.3 Å². The number of ether oxygens (including phenoxy) is 1. The van der Waals surface area contributed by atoms with Crippen LogP contribution in [0.5, 0.6) is 11.5 Å². The Morgan fingerprint density at radius 2 is 1.81 bits per heavy atom. The van der Waals surface area contributed by atoms with E-state index in [0.29, 0.717) is 35.8 Å². The van der Waals surface area contributed by atoms with Crippen molar-refractivity contribution in [2.24, 2.45) is 0 Å². The third-order valence-corrected chi connectivity index (χ3v) is 3.57.